The lowest BCUT2D eigenvalue weighted by molar-refractivity contribution is -0.384. The highest BCUT2D eigenvalue weighted by molar-refractivity contribution is 5.70. The van der Waals surface area contributed by atoms with Crippen LogP contribution in [0.1, 0.15) is 0 Å². The summed E-state index contributed by atoms with van der Waals surface area (Å²) in [7, 11) is 0. The van der Waals surface area contributed by atoms with Crippen LogP contribution in [0.3, 0.4) is 0 Å². The first-order valence-corrected chi connectivity index (χ1v) is 6.17. The largest absolute Gasteiger partial charge is 0.396 e. The summed E-state index contributed by atoms with van der Waals surface area (Å²) in [6.07, 6.45) is 3.19. The molecule has 21 heavy (non-hydrogen) atoms. The molecule has 0 atom stereocenters. The third-order valence-electron chi connectivity index (χ3n) is 2.98. The normalized spacial score (nSPS) is 10.5. The SMILES string of the molecule is Nc1cn(-c2ccccc2[N+](=O)[O-])nc1-c1ccccn1. The molecule has 0 amide bonds. The van der Waals surface area contributed by atoms with E-state index in [1.165, 1.54) is 10.7 Å². The Morgan fingerprint density at radius 3 is 2.62 bits per heavy atom. The molecule has 3 aromatic rings. The maximum atomic E-state index is 11.1. The number of pyridine rings is 1. The molecule has 1 aromatic carbocycles. The van der Waals surface area contributed by atoms with Crippen LogP contribution in [0, 0.1) is 10.1 Å². The number of para-hydroxylation sites is 2. The van der Waals surface area contributed by atoms with Crippen molar-refractivity contribution in [3.8, 4) is 17.1 Å². The fourth-order valence-corrected chi connectivity index (χ4v) is 2.02. The summed E-state index contributed by atoms with van der Waals surface area (Å²) in [6, 6.07) is 11.8. The minimum absolute atomic E-state index is 0.0347. The van der Waals surface area contributed by atoms with Crippen LogP contribution >= 0.6 is 0 Å². The summed E-state index contributed by atoms with van der Waals surface area (Å²) >= 11 is 0. The van der Waals surface area contributed by atoms with Crippen LogP contribution in [0.25, 0.3) is 17.1 Å². The molecular weight excluding hydrogens is 270 g/mol. The molecule has 0 fully saturated rings. The van der Waals surface area contributed by atoms with Crippen molar-refractivity contribution in [2.24, 2.45) is 0 Å². The Balaban J connectivity index is 2.12. The van der Waals surface area contributed by atoms with E-state index in [1.807, 2.05) is 6.07 Å². The van der Waals surface area contributed by atoms with Crippen LogP contribution in [-0.2, 0) is 0 Å². The smallest absolute Gasteiger partial charge is 0.294 e. The molecule has 7 nitrogen and oxygen atoms in total. The maximum Gasteiger partial charge on any atom is 0.294 e. The van der Waals surface area contributed by atoms with Crippen LogP contribution in [0.2, 0.25) is 0 Å². The molecule has 0 radical (unpaired) electrons. The molecule has 7 heteroatoms. The molecule has 0 saturated carbocycles. The number of nitro benzene ring substituents is 1. The second-order valence-electron chi connectivity index (χ2n) is 4.34. The lowest BCUT2D eigenvalue weighted by Crippen LogP contribution is -2.00. The molecule has 3 rings (SSSR count). The van der Waals surface area contributed by atoms with Gasteiger partial charge in [0.05, 0.1) is 22.5 Å². The quantitative estimate of drug-likeness (QED) is 0.587. The van der Waals surface area contributed by atoms with Crippen LogP contribution in [0.5, 0.6) is 0 Å². The van der Waals surface area contributed by atoms with Gasteiger partial charge in [-0.25, -0.2) is 4.68 Å². The molecule has 2 N–H and O–H groups in total. The number of nitro groups is 1. The third kappa shape index (κ3) is 2.32. The Bertz CT molecular complexity index is 798. The van der Waals surface area contributed by atoms with E-state index in [1.54, 1.807) is 42.7 Å². The number of aromatic nitrogens is 3. The Kier molecular flexibility index (Phi) is 3.07. The molecule has 0 aliphatic heterocycles. The molecular formula is C14H11N5O2. The van der Waals surface area contributed by atoms with Crippen molar-refractivity contribution in [3.63, 3.8) is 0 Å². The first kappa shape index (κ1) is 12.8. The fourth-order valence-electron chi connectivity index (χ4n) is 2.02. The van der Waals surface area contributed by atoms with Gasteiger partial charge in [-0.15, -0.1) is 0 Å². The second kappa shape index (κ2) is 5.04. The van der Waals surface area contributed by atoms with Crippen molar-refractivity contribution in [1.82, 2.24) is 14.8 Å². The molecule has 0 aliphatic rings. The van der Waals surface area contributed by atoms with Gasteiger partial charge in [0.15, 0.2) is 0 Å². The van der Waals surface area contributed by atoms with E-state index in [2.05, 4.69) is 10.1 Å². The third-order valence-corrected chi connectivity index (χ3v) is 2.98. The monoisotopic (exact) mass is 281 g/mol. The summed E-state index contributed by atoms with van der Waals surface area (Å²) in [5.74, 6) is 0. The minimum atomic E-state index is -0.451. The van der Waals surface area contributed by atoms with Crippen LogP contribution in [0.15, 0.2) is 54.9 Å². The van der Waals surface area contributed by atoms with Crippen LogP contribution < -0.4 is 5.73 Å². The average molecular weight is 281 g/mol. The Labute approximate surface area is 119 Å². The zero-order chi connectivity index (χ0) is 14.8. The number of nitrogens with zero attached hydrogens (tertiary/aromatic N) is 4. The zero-order valence-corrected chi connectivity index (χ0v) is 10.9. The second-order valence-corrected chi connectivity index (χ2v) is 4.34. The Morgan fingerprint density at radius 1 is 1.14 bits per heavy atom. The Morgan fingerprint density at radius 2 is 1.90 bits per heavy atom. The van der Waals surface area contributed by atoms with Crippen molar-refractivity contribution >= 4 is 11.4 Å². The summed E-state index contributed by atoms with van der Waals surface area (Å²) < 4.78 is 1.40. The van der Waals surface area contributed by atoms with Gasteiger partial charge in [0.1, 0.15) is 11.4 Å². The number of nitrogens with two attached hydrogens (primary N) is 1. The topological polar surface area (TPSA) is 99.9 Å². The highest BCUT2D eigenvalue weighted by Gasteiger charge is 2.17. The molecule has 2 heterocycles. The van der Waals surface area contributed by atoms with E-state index in [0.717, 1.165) is 0 Å². The summed E-state index contributed by atoms with van der Waals surface area (Å²) in [4.78, 5) is 14.8. The number of nitrogen functional groups attached to an aromatic ring is 1. The van der Waals surface area contributed by atoms with E-state index in [-0.39, 0.29) is 5.69 Å². The van der Waals surface area contributed by atoms with E-state index in [9.17, 15) is 10.1 Å². The van der Waals surface area contributed by atoms with Crippen molar-refractivity contribution < 1.29 is 4.92 Å². The average Bonchev–Trinajstić information content (AvgIpc) is 2.90. The van der Waals surface area contributed by atoms with Crippen molar-refractivity contribution in [3.05, 3.63) is 65.0 Å². The molecule has 0 spiro atoms. The van der Waals surface area contributed by atoms with Gasteiger partial charge in [-0.1, -0.05) is 18.2 Å². The first-order chi connectivity index (χ1) is 10.2. The van der Waals surface area contributed by atoms with Crippen LogP contribution in [-0.4, -0.2) is 19.7 Å². The van der Waals surface area contributed by atoms with E-state index in [4.69, 9.17) is 5.73 Å². The highest BCUT2D eigenvalue weighted by atomic mass is 16.6. The molecule has 0 unspecified atom stereocenters. The van der Waals surface area contributed by atoms with Gasteiger partial charge in [-0.2, -0.15) is 5.10 Å². The number of hydrogen-bond acceptors (Lipinski definition) is 5. The van der Waals surface area contributed by atoms with Crippen molar-refractivity contribution in [1.29, 1.82) is 0 Å². The highest BCUT2D eigenvalue weighted by Crippen LogP contribution is 2.27. The first-order valence-electron chi connectivity index (χ1n) is 6.17. The molecule has 0 aliphatic carbocycles. The van der Waals surface area contributed by atoms with Gasteiger partial charge in [-0.05, 0) is 18.2 Å². The summed E-state index contributed by atoms with van der Waals surface area (Å²) in [5.41, 5.74) is 7.79. The molecule has 104 valence electrons. The number of anilines is 1. The molecule has 2 aromatic heterocycles. The molecule has 0 saturated heterocycles. The van der Waals surface area contributed by atoms with Gasteiger partial charge in [-0.3, -0.25) is 15.1 Å². The van der Waals surface area contributed by atoms with Crippen molar-refractivity contribution in [2.75, 3.05) is 5.73 Å². The standard InChI is InChI=1S/C14H11N5O2/c15-10-9-18(12-6-1-2-7-13(12)19(20)21)17-14(10)11-5-3-4-8-16-11/h1-9H,15H2. The lowest BCUT2D eigenvalue weighted by Gasteiger charge is -2.01. The van der Waals surface area contributed by atoms with E-state index in [0.29, 0.717) is 22.8 Å². The van der Waals surface area contributed by atoms with Gasteiger partial charge in [0.25, 0.3) is 5.69 Å². The van der Waals surface area contributed by atoms with Gasteiger partial charge < -0.3 is 5.73 Å². The zero-order valence-electron chi connectivity index (χ0n) is 10.9. The van der Waals surface area contributed by atoms with Gasteiger partial charge >= 0.3 is 0 Å². The van der Waals surface area contributed by atoms with E-state index < -0.39 is 4.92 Å². The number of hydrogen-bond donors (Lipinski definition) is 1. The minimum Gasteiger partial charge on any atom is -0.396 e. The number of rotatable bonds is 3. The summed E-state index contributed by atoms with van der Waals surface area (Å²) in [6.45, 7) is 0. The fraction of sp³-hybridized carbons (Fsp3) is 0. The van der Waals surface area contributed by atoms with Crippen LogP contribution in [0.4, 0.5) is 11.4 Å². The van der Waals surface area contributed by atoms with Crippen molar-refractivity contribution in [2.45, 2.75) is 0 Å². The van der Waals surface area contributed by atoms with E-state index >= 15 is 0 Å². The number of benzene rings is 1. The predicted molar refractivity (Wildman–Crippen MR) is 77.9 cm³/mol. The predicted octanol–water partition coefficient (Wildman–Crippen LogP) is 2.42. The molecule has 0 bridgehead atoms. The van der Waals surface area contributed by atoms with Gasteiger partial charge in [0, 0.05) is 12.3 Å². The summed E-state index contributed by atoms with van der Waals surface area (Å²) in [5, 5.41) is 15.4. The maximum absolute atomic E-state index is 11.1. The Hall–Kier alpha value is -3.22. The lowest BCUT2D eigenvalue weighted by atomic mass is 10.2. The van der Waals surface area contributed by atoms with Gasteiger partial charge in [0.2, 0.25) is 0 Å².